The number of fused-ring (bicyclic) bond motifs is 5. The summed E-state index contributed by atoms with van der Waals surface area (Å²) in [6, 6.07) is 7.03. The molecule has 35 heavy (non-hydrogen) atoms. The molecule has 0 saturated heterocycles. The number of halogens is 1. The molecule has 2 atom stereocenters. The van der Waals surface area contributed by atoms with E-state index in [1.807, 2.05) is 17.9 Å². The lowest BCUT2D eigenvalue weighted by Crippen LogP contribution is -2.53. The van der Waals surface area contributed by atoms with E-state index in [1.165, 1.54) is 25.7 Å². The van der Waals surface area contributed by atoms with Gasteiger partial charge in [-0.3, -0.25) is 19.2 Å². The second-order valence-electron chi connectivity index (χ2n) is 10.1. The summed E-state index contributed by atoms with van der Waals surface area (Å²) in [6.07, 6.45) is 9.39. The van der Waals surface area contributed by atoms with Crippen LogP contribution in [-0.4, -0.2) is 58.1 Å². The lowest BCUT2D eigenvalue weighted by molar-refractivity contribution is 0.0836. The number of hydrogen-bond acceptors (Lipinski definition) is 6. The van der Waals surface area contributed by atoms with Crippen molar-refractivity contribution in [1.82, 2.24) is 14.5 Å². The lowest BCUT2D eigenvalue weighted by Gasteiger charge is -2.35. The maximum absolute atomic E-state index is 13.9. The molecule has 3 heterocycles. The number of anilines is 2. The Bertz CT molecular complexity index is 1170. The molecule has 0 radical (unpaired) electrons. The number of methoxy groups -OCH3 is 1. The minimum atomic E-state index is -0.00533. The van der Waals surface area contributed by atoms with Crippen molar-refractivity contribution in [1.29, 1.82) is 0 Å². The standard InChI is InChI=1S/C26H33BrN6O2/c1-3-31-24(34)22-23(33-20-11-7-10-19(20)29-26(31)33)30-25(28-17-8-5-4-6-9-17)32(22)15-16-12-13-21(35-2)18(27)14-16/h12-14,17,19-20H,3-11,15H2,1-2H3,(H,28,30)/t19-,20+/m1/s1. The molecule has 6 rings (SSSR count). The first-order chi connectivity index (χ1) is 17.1. The minimum Gasteiger partial charge on any atom is -0.496 e. The van der Waals surface area contributed by atoms with Crippen LogP contribution in [-0.2, 0) is 6.54 Å². The van der Waals surface area contributed by atoms with Crippen LogP contribution in [0, 0.1) is 0 Å². The largest absolute Gasteiger partial charge is 0.496 e. The van der Waals surface area contributed by atoms with Gasteiger partial charge in [0.05, 0.1) is 30.2 Å². The Morgan fingerprint density at radius 3 is 2.71 bits per heavy atom. The fraction of sp³-hybridized carbons (Fsp3) is 0.577. The average molecular weight is 541 g/mol. The quantitative estimate of drug-likeness (QED) is 0.556. The zero-order valence-corrected chi connectivity index (χ0v) is 22.1. The summed E-state index contributed by atoms with van der Waals surface area (Å²) in [5, 5.41) is 3.74. The number of imidazole rings is 1. The molecule has 186 valence electrons. The van der Waals surface area contributed by atoms with E-state index in [4.69, 9.17) is 14.7 Å². The molecule has 1 amide bonds. The van der Waals surface area contributed by atoms with E-state index in [2.05, 4.69) is 42.8 Å². The van der Waals surface area contributed by atoms with E-state index in [0.717, 1.165) is 59.2 Å². The van der Waals surface area contributed by atoms with E-state index < -0.39 is 0 Å². The van der Waals surface area contributed by atoms with Crippen molar-refractivity contribution in [3.05, 3.63) is 33.9 Å². The van der Waals surface area contributed by atoms with Crippen molar-refractivity contribution in [2.45, 2.75) is 83.0 Å². The summed E-state index contributed by atoms with van der Waals surface area (Å²) < 4.78 is 8.42. The highest BCUT2D eigenvalue weighted by Crippen LogP contribution is 2.42. The van der Waals surface area contributed by atoms with Crippen LogP contribution in [0.15, 0.2) is 27.7 Å². The third kappa shape index (κ3) is 3.82. The summed E-state index contributed by atoms with van der Waals surface area (Å²) in [5.41, 5.74) is 1.75. The molecule has 1 aromatic carbocycles. The number of aromatic nitrogens is 2. The van der Waals surface area contributed by atoms with Gasteiger partial charge < -0.3 is 10.1 Å². The van der Waals surface area contributed by atoms with Gasteiger partial charge in [-0.15, -0.1) is 0 Å². The second-order valence-corrected chi connectivity index (χ2v) is 10.9. The zero-order valence-electron chi connectivity index (χ0n) is 20.5. The molecule has 1 aromatic heterocycles. The normalized spacial score (nSPS) is 23.7. The molecule has 2 aliphatic carbocycles. The van der Waals surface area contributed by atoms with Gasteiger partial charge in [-0.05, 0) is 72.7 Å². The average Bonchev–Trinajstić information content (AvgIpc) is 3.54. The third-order valence-corrected chi connectivity index (χ3v) is 8.57. The van der Waals surface area contributed by atoms with Gasteiger partial charge in [-0.1, -0.05) is 25.3 Å². The van der Waals surface area contributed by atoms with Gasteiger partial charge >= 0.3 is 0 Å². The van der Waals surface area contributed by atoms with Crippen molar-refractivity contribution >= 4 is 39.6 Å². The highest BCUT2D eigenvalue weighted by atomic mass is 79.9. The smallest absolute Gasteiger partial charge is 0.281 e. The van der Waals surface area contributed by atoms with E-state index >= 15 is 0 Å². The molecule has 9 heteroatoms. The minimum absolute atomic E-state index is 0.00533. The summed E-state index contributed by atoms with van der Waals surface area (Å²) in [6.45, 7) is 3.18. The van der Waals surface area contributed by atoms with Crippen LogP contribution in [0.4, 0.5) is 11.8 Å². The number of hydrogen-bond donors (Lipinski definition) is 1. The van der Waals surface area contributed by atoms with E-state index in [9.17, 15) is 4.79 Å². The fourth-order valence-corrected chi connectivity index (χ4v) is 6.78. The number of rotatable bonds is 6. The predicted molar refractivity (Wildman–Crippen MR) is 141 cm³/mol. The summed E-state index contributed by atoms with van der Waals surface area (Å²) in [5.74, 6) is 3.15. The third-order valence-electron chi connectivity index (χ3n) is 7.95. The van der Waals surface area contributed by atoms with Gasteiger partial charge in [0.25, 0.3) is 5.91 Å². The Morgan fingerprint density at radius 1 is 1.14 bits per heavy atom. The number of benzene rings is 1. The van der Waals surface area contributed by atoms with Crippen LogP contribution in [0.1, 0.15) is 74.3 Å². The number of amides is 1. The first-order valence-corrected chi connectivity index (χ1v) is 13.8. The van der Waals surface area contributed by atoms with Crippen molar-refractivity contribution in [3.63, 3.8) is 0 Å². The fourth-order valence-electron chi connectivity index (χ4n) is 6.19. The van der Waals surface area contributed by atoms with Gasteiger partial charge in [0, 0.05) is 12.6 Å². The molecule has 2 fully saturated rings. The number of nitrogens with one attached hydrogen (secondary N) is 1. The summed E-state index contributed by atoms with van der Waals surface area (Å²) in [7, 11) is 1.67. The highest BCUT2D eigenvalue weighted by Gasteiger charge is 2.49. The molecule has 0 bridgehead atoms. The molecule has 1 N–H and O–H groups in total. The highest BCUT2D eigenvalue weighted by molar-refractivity contribution is 9.10. The topological polar surface area (TPSA) is 75.0 Å². The molecular weight excluding hydrogens is 508 g/mol. The molecule has 0 unspecified atom stereocenters. The molecule has 0 spiro atoms. The van der Waals surface area contributed by atoms with Crippen molar-refractivity contribution in [2.24, 2.45) is 4.99 Å². The summed E-state index contributed by atoms with van der Waals surface area (Å²) in [4.78, 5) is 28.1. The Morgan fingerprint density at radius 2 is 1.97 bits per heavy atom. The van der Waals surface area contributed by atoms with Crippen molar-refractivity contribution in [3.8, 4) is 5.75 Å². The molecule has 4 aliphatic rings. The van der Waals surface area contributed by atoms with Crippen LogP contribution in [0.5, 0.6) is 5.75 Å². The van der Waals surface area contributed by atoms with Crippen molar-refractivity contribution < 1.29 is 9.53 Å². The number of nitrogens with zero attached hydrogens (tertiary/aromatic N) is 5. The van der Waals surface area contributed by atoms with Gasteiger partial charge in [-0.25, -0.2) is 4.99 Å². The number of carbonyl (C=O) groups excluding carboxylic acids is 1. The Kier molecular flexibility index (Phi) is 5.98. The van der Waals surface area contributed by atoms with Crippen molar-refractivity contribution in [2.75, 3.05) is 23.9 Å². The van der Waals surface area contributed by atoms with Gasteiger partial charge in [0.15, 0.2) is 11.5 Å². The number of ether oxygens (including phenoxy) is 1. The molecule has 2 aliphatic heterocycles. The number of aliphatic imine (C=N–C) groups is 1. The van der Waals surface area contributed by atoms with E-state index in [-0.39, 0.29) is 11.9 Å². The van der Waals surface area contributed by atoms with Gasteiger partial charge in [0.2, 0.25) is 11.9 Å². The van der Waals surface area contributed by atoms with Gasteiger partial charge in [0.1, 0.15) is 5.75 Å². The van der Waals surface area contributed by atoms with Crippen LogP contribution < -0.4 is 15.0 Å². The van der Waals surface area contributed by atoms with Crippen LogP contribution >= 0.6 is 15.9 Å². The first kappa shape index (κ1) is 22.9. The lowest BCUT2D eigenvalue weighted by atomic mass is 9.96. The monoisotopic (exact) mass is 540 g/mol. The SMILES string of the molecule is CCN1C(=O)c2c(nc(NC3CCCCC3)n2Cc2ccc(OC)c(Br)c2)N2C1=N[C@@H]1CCC[C@@H]12. The van der Waals surface area contributed by atoms with Crippen LogP contribution in [0.3, 0.4) is 0 Å². The molecule has 2 saturated carbocycles. The Hall–Kier alpha value is -2.55. The maximum atomic E-state index is 13.9. The molecule has 8 nitrogen and oxygen atoms in total. The molecular formula is C26H33BrN6O2. The Labute approximate surface area is 214 Å². The maximum Gasteiger partial charge on any atom is 0.281 e. The molecule has 2 aromatic rings. The second kappa shape index (κ2) is 9.15. The van der Waals surface area contributed by atoms with E-state index in [1.54, 1.807) is 7.11 Å². The Balaban J connectivity index is 1.45. The van der Waals surface area contributed by atoms with Gasteiger partial charge in [-0.2, -0.15) is 4.98 Å². The van der Waals surface area contributed by atoms with Crippen LogP contribution in [0.25, 0.3) is 0 Å². The first-order valence-electron chi connectivity index (χ1n) is 13.0. The predicted octanol–water partition coefficient (Wildman–Crippen LogP) is 5.02. The number of guanidine groups is 1. The van der Waals surface area contributed by atoms with E-state index in [0.29, 0.717) is 30.9 Å². The summed E-state index contributed by atoms with van der Waals surface area (Å²) >= 11 is 3.62. The van der Waals surface area contributed by atoms with Crippen LogP contribution in [0.2, 0.25) is 0 Å². The number of carbonyl (C=O) groups is 1. The zero-order chi connectivity index (χ0) is 24.1.